The van der Waals surface area contributed by atoms with Gasteiger partial charge in [-0.25, -0.2) is 4.79 Å². The molecule has 0 bridgehead atoms. The molecule has 0 aliphatic heterocycles. The summed E-state index contributed by atoms with van der Waals surface area (Å²) in [4.78, 5) is 36.9. The van der Waals surface area contributed by atoms with Crippen LogP contribution in [0, 0.1) is 5.92 Å². The monoisotopic (exact) mass is 769 g/mol. The molecular formula is C36H71N3O14. The first-order chi connectivity index (χ1) is 25.5. The number of rotatable bonds is 38. The predicted molar refractivity (Wildman–Crippen MR) is 197 cm³/mol. The third-order valence-corrected chi connectivity index (χ3v) is 6.87. The molecule has 0 heterocycles. The van der Waals surface area contributed by atoms with Crippen LogP contribution < -0.4 is 16.4 Å². The Morgan fingerprint density at radius 1 is 0.585 bits per heavy atom. The fourth-order valence-corrected chi connectivity index (χ4v) is 4.09. The van der Waals surface area contributed by atoms with E-state index >= 15 is 0 Å². The number of unbranched alkanes of at least 4 members (excludes halogenated alkanes) is 1. The molecule has 0 unspecified atom stereocenters. The lowest BCUT2D eigenvalue weighted by Crippen LogP contribution is -2.52. The molecule has 0 spiro atoms. The highest BCUT2D eigenvalue weighted by atomic mass is 16.6. The van der Waals surface area contributed by atoms with Gasteiger partial charge in [-0.1, -0.05) is 13.8 Å². The number of ether oxygens (including phenoxy) is 11. The maximum absolute atomic E-state index is 12.5. The largest absolute Gasteiger partial charge is 0.458 e. The van der Waals surface area contributed by atoms with Crippen molar-refractivity contribution in [3.05, 3.63) is 0 Å². The molecule has 17 heteroatoms. The van der Waals surface area contributed by atoms with Crippen LogP contribution in [0.4, 0.5) is 0 Å². The van der Waals surface area contributed by atoms with E-state index in [1.54, 1.807) is 27.9 Å². The zero-order valence-electron chi connectivity index (χ0n) is 33.3. The average molecular weight is 770 g/mol. The van der Waals surface area contributed by atoms with Gasteiger partial charge < -0.3 is 68.5 Å². The first-order valence-electron chi connectivity index (χ1n) is 18.7. The molecule has 4 N–H and O–H groups in total. The molecule has 0 fully saturated rings. The van der Waals surface area contributed by atoms with Crippen LogP contribution in [0.2, 0.25) is 0 Å². The normalized spacial score (nSPS) is 12.9. The molecule has 0 rings (SSSR count). The van der Waals surface area contributed by atoms with Crippen LogP contribution in [0.5, 0.6) is 0 Å². The Labute approximate surface area is 317 Å². The molecule has 2 amide bonds. The number of carbonyl (C=O) groups is 3. The molecular weight excluding hydrogens is 698 g/mol. The first kappa shape index (κ1) is 51.0. The van der Waals surface area contributed by atoms with E-state index < -0.39 is 29.6 Å². The summed E-state index contributed by atoms with van der Waals surface area (Å²) in [5.74, 6) is -1.27. The van der Waals surface area contributed by atoms with Crippen molar-refractivity contribution in [3.8, 4) is 0 Å². The van der Waals surface area contributed by atoms with Gasteiger partial charge in [-0.3, -0.25) is 9.59 Å². The Hall–Kier alpha value is -2.03. The lowest BCUT2D eigenvalue weighted by Gasteiger charge is -2.27. The summed E-state index contributed by atoms with van der Waals surface area (Å²) in [6, 6.07) is -1.54. The topological polar surface area (TPSA) is 203 Å². The van der Waals surface area contributed by atoms with Crippen molar-refractivity contribution < 1.29 is 66.5 Å². The average Bonchev–Trinajstić information content (AvgIpc) is 3.10. The number of nitrogens with one attached hydrogen (secondary N) is 2. The quantitative estimate of drug-likeness (QED) is 0.0590. The molecule has 17 nitrogen and oxygen atoms in total. The third kappa shape index (κ3) is 35.4. The van der Waals surface area contributed by atoms with Gasteiger partial charge in [0.1, 0.15) is 18.2 Å². The minimum atomic E-state index is -0.773. The zero-order chi connectivity index (χ0) is 39.4. The highest BCUT2D eigenvalue weighted by molar-refractivity contribution is 5.87. The number of methoxy groups -OCH3 is 1. The van der Waals surface area contributed by atoms with E-state index in [0.29, 0.717) is 138 Å². The van der Waals surface area contributed by atoms with E-state index in [9.17, 15) is 14.4 Å². The lowest BCUT2D eigenvalue weighted by molar-refractivity contribution is -0.160. The van der Waals surface area contributed by atoms with Crippen molar-refractivity contribution in [3.63, 3.8) is 0 Å². The SMILES string of the molecule is COCCOCCOCCOCCOCCOCCOCCOCCOCCOCC(=O)NCCCC[C@H](N)C(=O)N[C@H](C(=O)OC(C)(C)C)C(C)C. The maximum atomic E-state index is 12.5. The van der Waals surface area contributed by atoms with Crippen molar-refractivity contribution in [2.45, 2.75) is 71.6 Å². The van der Waals surface area contributed by atoms with Gasteiger partial charge in [-0.05, 0) is 46.0 Å². The van der Waals surface area contributed by atoms with Crippen LogP contribution in [-0.4, -0.2) is 175 Å². The molecule has 0 aromatic rings. The van der Waals surface area contributed by atoms with Crippen molar-refractivity contribution in [1.29, 1.82) is 0 Å². The minimum Gasteiger partial charge on any atom is -0.458 e. The van der Waals surface area contributed by atoms with Gasteiger partial charge in [0.15, 0.2) is 0 Å². The molecule has 0 aliphatic carbocycles. The third-order valence-electron chi connectivity index (χ3n) is 6.87. The molecule has 0 saturated carbocycles. The van der Waals surface area contributed by atoms with Crippen LogP contribution in [0.15, 0.2) is 0 Å². The molecule has 0 aromatic carbocycles. The fourth-order valence-electron chi connectivity index (χ4n) is 4.09. The highest BCUT2D eigenvalue weighted by Crippen LogP contribution is 2.13. The van der Waals surface area contributed by atoms with Crippen molar-refractivity contribution in [1.82, 2.24) is 10.6 Å². The number of amides is 2. The van der Waals surface area contributed by atoms with E-state index in [4.69, 9.17) is 57.8 Å². The summed E-state index contributed by atoms with van der Waals surface area (Å²) in [5.41, 5.74) is 5.37. The molecule has 53 heavy (non-hydrogen) atoms. The fraction of sp³-hybridized carbons (Fsp3) is 0.917. The number of carbonyl (C=O) groups excluding carboxylic acids is 3. The van der Waals surface area contributed by atoms with E-state index in [0.717, 1.165) is 0 Å². The molecule has 314 valence electrons. The zero-order valence-corrected chi connectivity index (χ0v) is 33.3. The first-order valence-corrected chi connectivity index (χ1v) is 18.7. The van der Waals surface area contributed by atoms with Crippen LogP contribution in [0.25, 0.3) is 0 Å². The summed E-state index contributed by atoms with van der Waals surface area (Å²) >= 11 is 0. The number of nitrogens with two attached hydrogens (primary N) is 1. The summed E-state index contributed by atoms with van der Waals surface area (Å²) in [6.45, 7) is 17.9. The summed E-state index contributed by atoms with van der Waals surface area (Å²) in [5, 5.41) is 5.49. The minimum absolute atomic E-state index is 0.0731. The highest BCUT2D eigenvalue weighted by Gasteiger charge is 2.30. The maximum Gasteiger partial charge on any atom is 0.329 e. The van der Waals surface area contributed by atoms with E-state index in [1.807, 2.05) is 13.8 Å². The van der Waals surface area contributed by atoms with Crippen molar-refractivity contribution in [2.75, 3.05) is 139 Å². The smallest absolute Gasteiger partial charge is 0.329 e. The van der Waals surface area contributed by atoms with Crippen molar-refractivity contribution in [2.24, 2.45) is 11.7 Å². The van der Waals surface area contributed by atoms with Crippen LogP contribution in [0.3, 0.4) is 0 Å². The predicted octanol–water partition coefficient (Wildman–Crippen LogP) is 0.879. The van der Waals surface area contributed by atoms with Gasteiger partial charge in [-0.2, -0.15) is 0 Å². The Balaban J connectivity index is 3.46. The van der Waals surface area contributed by atoms with Gasteiger partial charge >= 0.3 is 5.97 Å². The lowest BCUT2D eigenvalue weighted by atomic mass is 10.0. The second kappa shape index (κ2) is 35.7. The van der Waals surface area contributed by atoms with E-state index in [-0.39, 0.29) is 25.0 Å². The molecule has 2 atom stereocenters. The molecule has 0 saturated heterocycles. The molecule has 0 radical (unpaired) electrons. The Bertz CT molecular complexity index is 879. The van der Waals surface area contributed by atoms with Crippen molar-refractivity contribution >= 4 is 17.8 Å². The Morgan fingerprint density at radius 2 is 0.962 bits per heavy atom. The molecule has 0 aromatic heterocycles. The summed E-state index contributed by atoms with van der Waals surface area (Å²) < 4.78 is 59.1. The van der Waals surface area contributed by atoms with Gasteiger partial charge in [0.2, 0.25) is 11.8 Å². The van der Waals surface area contributed by atoms with Crippen LogP contribution in [-0.2, 0) is 66.5 Å². The van der Waals surface area contributed by atoms with Gasteiger partial charge in [-0.15, -0.1) is 0 Å². The van der Waals surface area contributed by atoms with E-state index in [2.05, 4.69) is 10.6 Å². The molecule has 0 aliphatic rings. The number of hydrogen-bond acceptors (Lipinski definition) is 15. The van der Waals surface area contributed by atoms with Gasteiger partial charge in [0.25, 0.3) is 0 Å². The van der Waals surface area contributed by atoms with Crippen LogP contribution >= 0.6 is 0 Å². The van der Waals surface area contributed by atoms with Gasteiger partial charge in [0.05, 0.1) is 125 Å². The second-order valence-electron chi connectivity index (χ2n) is 13.2. The standard InChI is InChI=1S/C36H71N3O14/c1-30(2)33(35(42)53-36(3,4)5)39-34(41)31(37)9-7-8-10-38-32(40)29-52-28-27-51-26-25-50-24-23-49-22-21-48-20-19-47-18-17-46-16-15-45-14-13-44-12-11-43-6/h30-31,33H,7-29,37H2,1-6H3,(H,38,40)(H,39,41)/t31-,33-/m0/s1. The number of hydrogen-bond donors (Lipinski definition) is 3. The summed E-state index contributed by atoms with van der Waals surface area (Å²) in [7, 11) is 1.64. The number of esters is 1. The van der Waals surface area contributed by atoms with Gasteiger partial charge in [0, 0.05) is 13.7 Å². The van der Waals surface area contributed by atoms with E-state index in [1.165, 1.54) is 0 Å². The van der Waals surface area contributed by atoms with Crippen LogP contribution in [0.1, 0.15) is 53.9 Å². The Kier molecular flexibility index (Phi) is 34.3. The Morgan fingerprint density at radius 3 is 1.32 bits per heavy atom. The second-order valence-corrected chi connectivity index (χ2v) is 13.2. The summed E-state index contributed by atoms with van der Waals surface area (Å²) in [6.07, 6.45) is 1.69.